The van der Waals surface area contributed by atoms with Crippen LogP contribution in [-0.2, 0) is 5.75 Å². The molecule has 1 amide bonds. The zero-order chi connectivity index (χ0) is 20.5. The van der Waals surface area contributed by atoms with Crippen molar-refractivity contribution in [3.63, 3.8) is 0 Å². The summed E-state index contributed by atoms with van der Waals surface area (Å²) in [5.41, 5.74) is 1.04. The van der Waals surface area contributed by atoms with Gasteiger partial charge >= 0.3 is 0 Å². The number of carbonyl (C=O) groups excluding carboxylic acids is 1. The zero-order valence-electron chi connectivity index (χ0n) is 14.7. The molecule has 0 spiro atoms. The first-order valence-electron chi connectivity index (χ1n) is 8.11. The molecule has 8 nitrogen and oxygen atoms in total. The van der Waals surface area contributed by atoms with E-state index in [0.29, 0.717) is 37.3 Å². The zero-order valence-corrected chi connectivity index (χ0v) is 17.8. The van der Waals surface area contributed by atoms with E-state index in [-0.39, 0.29) is 16.1 Å². The molecular weight excluding hydrogens is 457 g/mol. The fourth-order valence-corrected chi connectivity index (χ4v) is 4.57. The third kappa shape index (κ3) is 4.45. The first-order chi connectivity index (χ1) is 13.9. The van der Waals surface area contributed by atoms with Gasteiger partial charge in [0, 0.05) is 22.9 Å². The first-order valence-corrected chi connectivity index (χ1v) is 10.7. The highest BCUT2D eigenvalue weighted by Crippen LogP contribution is 2.29. The van der Waals surface area contributed by atoms with Gasteiger partial charge in [0.1, 0.15) is 5.76 Å². The quantitative estimate of drug-likeness (QED) is 0.344. The fourth-order valence-electron chi connectivity index (χ4n) is 2.44. The maximum absolute atomic E-state index is 12.3. The van der Waals surface area contributed by atoms with E-state index in [4.69, 9.17) is 27.7 Å². The number of fused-ring (bicyclic) bond motifs is 1. The third-order valence-corrected chi connectivity index (χ3v) is 6.22. The Balaban J connectivity index is 1.43. The van der Waals surface area contributed by atoms with Gasteiger partial charge in [0.05, 0.1) is 16.3 Å². The topological polar surface area (TPSA) is 102 Å². The summed E-state index contributed by atoms with van der Waals surface area (Å²) in [5.74, 6) is 0.612. The molecule has 0 fully saturated rings. The number of aromatic nitrogens is 4. The van der Waals surface area contributed by atoms with Crippen LogP contribution in [0.2, 0.25) is 10.0 Å². The Morgan fingerprint density at radius 1 is 1.28 bits per heavy atom. The first kappa shape index (κ1) is 19.9. The number of anilines is 1. The highest BCUT2D eigenvalue weighted by molar-refractivity contribution is 8.00. The van der Waals surface area contributed by atoms with Crippen LogP contribution in [0, 0.1) is 6.92 Å². The average Bonchev–Trinajstić information content (AvgIpc) is 3.25. The third-order valence-electron chi connectivity index (χ3n) is 3.67. The number of halogens is 2. The van der Waals surface area contributed by atoms with Crippen LogP contribution in [0.25, 0.3) is 5.65 Å². The van der Waals surface area contributed by atoms with Gasteiger partial charge in [-0.05, 0) is 25.1 Å². The second-order valence-electron chi connectivity index (χ2n) is 5.82. The summed E-state index contributed by atoms with van der Waals surface area (Å²) in [6.45, 7) is 1.75. The Labute approximate surface area is 181 Å². The van der Waals surface area contributed by atoms with Gasteiger partial charge in [0.15, 0.2) is 9.99 Å². The summed E-state index contributed by atoms with van der Waals surface area (Å²) < 4.78 is 7.03. The van der Waals surface area contributed by atoms with Crippen molar-refractivity contribution >= 4 is 63.0 Å². The van der Waals surface area contributed by atoms with Crippen molar-refractivity contribution < 1.29 is 9.32 Å². The summed E-state index contributed by atoms with van der Waals surface area (Å²) >= 11 is 14.5. The molecular formula is C17H11Cl2N5O3S2. The molecule has 4 rings (SSSR count). The summed E-state index contributed by atoms with van der Waals surface area (Å²) in [7, 11) is 0. The SMILES string of the molecule is Cc1cc2nc(CSc3nnc(NC(=O)c4ccc(Cl)cc4Cl)s3)cc(=O)n2o1. The maximum atomic E-state index is 12.3. The maximum Gasteiger partial charge on any atom is 0.287 e. The van der Waals surface area contributed by atoms with Gasteiger partial charge < -0.3 is 4.52 Å². The Bertz CT molecular complexity index is 1280. The summed E-state index contributed by atoms with van der Waals surface area (Å²) in [6, 6.07) is 7.71. The minimum Gasteiger partial charge on any atom is -0.375 e. The second kappa shape index (κ2) is 8.15. The standard InChI is InChI=1S/C17H11Cl2N5O3S2/c1-8-4-13-20-10(6-14(25)24(13)27-8)7-28-17-23-22-16(29-17)21-15(26)11-3-2-9(18)5-12(11)19/h2-6H,7H2,1H3,(H,21,22,26). The van der Waals surface area contributed by atoms with Crippen molar-refractivity contribution in [3.8, 4) is 0 Å². The molecule has 0 unspecified atom stereocenters. The highest BCUT2D eigenvalue weighted by Gasteiger charge is 2.14. The van der Waals surface area contributed by atoms with E-state index in [1.165, 1.54) is 41.3 Å². The molecule has 29 heavy (non-hydrogen) atoms. The number of hydrogen-bond donors (Lipinski definition) is 1. The van der Waals surface area contributed by atoms with Crippen molar-refractivity contribution in [1.82, 2.24) is 19.8 Å². The summed E-state index contributed by atoms with van der Waals surface area (Å²) in [6.07, 6.45) is 0. The van der Waals surface area contributed by atoms with Gasteiger partial charge in [-0.25, -0.2) is 4.98 Å². The molecule has 0 bridgehead atoms. The minimum absolute atomic E-state index is 0.247. The largest absolute Gasteiger partial charge is 0.375 e. The number of thioether (sulfide) groups is 1. The molecule has 1 aromatic carbocycles. The van der Waals surface area contributed by atoms with E-state index in [9.17, 15) is 9.59 Å². The summed E-state index contributed by atoms with van der Waals surface area (Å²) in [5, 5.41) is 11.7. The van der Waals surface area contributed by atoms with Crippen LogP contribution in [0.15, 0.2) is 44.0 Å². The van der Waals surface area contributed by atoms with E-state index in [1.807, 2.05) is 0 Å². The van der Waals surface area contributed by atoms with Crippen molar-refractivity contribution in [2.45, 2.75) is 17.0 Å². The average molecular weight is 468 g/mol. The van der Waals surface area contributed by atoms with Crippen LogP contribution < -0.4 is 10.9 Å². The van der Waals surface area contributed by atoms with Gasteiger partial charge in [0.25, 0.3) is 11.5 Å². The molecule has 0 aliphatic rings. The molecule has 4 aromatic rings. The Morgan fingerprint density at radius 2 is 2.10 bits per heavy atom. The monoisotopic (exact) mass is 467 g/mol. The number of nitrogens with one attached hydrogen (secondary N) is 1. The van der Waals surface area contributed by atoms with Crippen LogP contribution in [0.3, 0.4) is 0 Å². The van der Waals surface area contributed by atoms with Crippen LogP contribution in [0.4, 0.5) is 5.13 Å². The Morgan fingerprint density at radius 3 is 2.90 bits per heavy atom. The number of nitrogens with zero attached hydrogens (tertiary/aromatic N) is 4. The smallest absolute Gasteiger partial charge is 0.287 e. The van der Waals surface area contributed by atoms with Crippen molar-refractivity contribution in [2.24, 2.45) is 0 Å². The predicted octanol–water partition coefficient (Wildman–Crippen LogP) is 4.30. The molecule has 0 aliphatic heterocycles. The molecule has 0 saturated heterocycles. The second-order valence-corrected chi connectivity index (χ2v) is 8.87. The van der Waals surface area contributed by atoms with Gasteiger partial charge in [-0.1, -0.05) is 46.3 Å². The van der Waals surface area contributed by atoms with Crippen LogP contribution >= 0.6 is 46.3 Å². The number of hydrogen-bond acceptors (Lipinski definition) is 8. The van der Waals surface area contributed by atoms with E-state index in [1.54, 1.807) is 19.1 Å². The molecule has 1 N–H and O–H groups in total. The molecule has 3 aromatic heterocycles. The fraction of sp³-hybridized carbons (Fsp3) is 0.118. The van der Waals surface area contributed by atoms with Crippen LogP contribution in [0.1, 0.15) is 21.8 Å². The summed E-state index contributed by atoms with van der Waals surface area (Å²) in [4.78, 5) is 28.8. The van der Waals surface area contributed by atoms with Gasteiger partial charge in [-0.2, -0.15) is 0 Å². The lowest BCUT2D eigenvalue weighted by atomic mass is 10.2. The van der Waals surface area contributed by atoms with E-state index < -0.39 is 5.91 Å². The molecule has 148 valence electrons. The van der Waals surface area contributed by atoms with Crippen molar-refractivity contribution in [3.05, 3.63) is 67.7 Å². The Kier molecular flexibility index (Phi) is 5.59. The lowest BCUT2D eigenvalue weighted by molar-refractivity contribution is 0.102. The van der Waals surface area contributed by atoms with Gasteiger partial charge in [0.2, 0.25) is 5.13 Å². The van der Waals surface area contributed by atoms with E-state index in [2.05, 4.69) is 20.5 Å². The normalized spacial score (nSPS) is 11.1. The van der Waals surface area contributed by atoms with E-state index >= 15 is 0 Å². The van der Waals surface area contributed by atoms with Crippen molar-refractivity contribution in [2.75, 3.05) is 5.32 Å². The van der Waals surface area contributed by atoms with Crippen molar-refractivity contribution in [1.29, 1.82) is 0 Å². The van der Waals surface area contributed by atoms with Crippen LogP contribution in [-0.4, -0.2) is 25.7 Å². The van der Waals surface area contributed by atoms with Crippen LogP contribution in [0.5, 0.6) is 0 Å². The highest BCUT2D eigenvalue weighted by atomic mass is 35.5. The lowest BCUT2D eigenvalue weighted by Crippen LogP contribution is -2.12. The Hall–Kier alpha value is -2.40. The van der Waals surface area contributed by atoms with Gasteiger partial charge in [-0.3, -0.25) is 14.9 Å². The molecule has 0 radical (unpaired) electrons. The van der Waals surface area contributed by atoms with E-state index in [0.717, 1.165) is 4.57 Å². The number of amides is 1. The predicted molar refractivity (Wildman–Crippen MR) is 112 cm³/mol. The molecule has 0 aliphatic carbocycles. The number of aryl methyl sites for hydroxylation is 1. The number of carbonyl (C=O) groups is 1. The van der Waals surface area contributed by atoms with Gasteiger partial charge in [-0.15, -0.1) is 14.8 Å². The molecule has 3 heterocycles. The lowest BCUT2D eigenvalue weighted by Gasteiger charge is -2.03. The number of benzene rings is 1. The molecule has 12 heteroatoms. The number of rotatable bonds is 5. The minimum atomic E-state index is -0.408. The molecule has 0 atom stereocenters. The molecule has 0 saturated carbocycles.